The third-order valence-electron chi connectivity index (χ3n) is 6.20. The molecule has 1 N–H and O–H groups in total. The van der Waals surface area contributed by atoms with Gasteiger partial charge < -0.3 is 14.8 Å². The number of anilines is 1. The summed E-state index contributed by atoms with van der Waals surface area (Å²) in [5.74, 6) is 0.512. The molecule has 0 aliphatic carbocycles. The molecule has 0 saturated carbocycles. The largest absolute Gasteiger partial charge is 0.489 e. The predicted octanol–water partition coefficient (Wildman–Crippen LogP) is 6.89. The molecule has 1 atom stereocenters. The van der Waals surface area contributed by atoms with Gasteiger partial charge in [0.05, 0.1) is 5.69 Å². The summed E-state index contributed by atoms with van der Waals surface area (Å²) in [6.07, 6.45) is 0.859. The monoisotopic (exact) mass is 591 g/mol. The van der Waals surface area contributed by atoms with E-state index in [1.807, 2.05) is 84.2 Å². The second-order valence-corrected chi connectivity index (χ2v) is 10.6. The Hall–Kier alpha value is -3.69. The van der Waals surface area contributed by atoms with Crippen LogP contribution in [-0.2, 0) is 22.7 Å². The maximum Gasteiger partial charge on any atom is 0.410 e. The number of amides is 2. The number of hydrogen-bond donors (Lipinski definition) is 1. The van der Waals surface area contributed by atoms with Gasteiger partial charge in [-0.05, 0) is 60.4 Å². The molecule has 1 aliphatic rings. The van der Waals surface area contributed by atoms with E-state index >= 15 is 0 Å². The Morgan fingerprint density at radius 2 is 1.71 bits per heavy atom. The Bertz CT molecular complexity index is 1380. The fourth-order valence-corrected chi connectivity index (χ4v) is 5.17. The third kappa shape index (κ3) is 6.59. The van der Waals surface area contributed by atoms with Crippen molar-refractivity contribution in [1.29, 1.82) is 0 Å². The summed E-state index contributed by atoms with van der Waals surface area (Å²) in [5, 5.41) is 5.26. The summed E-state index contributed by atoms with van der Waals surface area (Å²) in [5.41, 5.74) is 3.67. The zero-order chi connectivity index (χ0) is 26.3. The number of aromatic nitrogens is 1. The summed E-state index contributed by atoms with van der Waals surface area (Å²) in [6.45, 7) is 1.15. The van der Waals surface area contributed by atoms with Crippen molar-refractivity contribution >= 4 is 44.4 Å². The molecular weight excluding hydrogens is 566 g/mol. The number of benzene rings is 3. The van der Waals surface area contributed by atoms with Gasteiger partial charge in [-0.2, -0.15) is 0 Å². The Kier molecular flexibility index (Phi) is 8.35. The average Bonchev–Trinajstić information content (AvgIpc) is 3.63. The Balaban J connectivity index is 1.14. The number of likely N-dealkylation sites (tertiary alicyclic amines) is 1. The maximum absolute atomic E-state index is 13.0. The van der Waals surface area contributed by atoms with Crippen LogP contribution in [0.25, 0.3) is 11.3 Å². The lowest BCUT2D eigenvalue weighted by molar-refractivity contribution is -0.120. The summed E-state index contributed by atoms with van der Waals surface area (Å²) in [7, 11) is 0. The van der Waals surface area contributed by atoms with Crippen molar-refractivity contribution in [1.82, 2.24) is 9.88 Å². The first-order valence-corrected chi connectivity index (χ1v) is 13.9. The van der Waals surface area contributed by atoms with Crippen LogP contribution in [0.3, 0.4) is 0 Å². The minimum Gasteiger partial charge on any atom is -0.489 e. The minimum absolute atomic E-state index is 0.175. The topological polar surface area (TPSA) is 80.8 Å². The fraction of sp³-hybridized carbons (Fsp3) is 0.207. The van der Waals surface area contributed by atoms with E-state index in [4.69, 9.17) is 9.47 Å². The molecule has 0 bridgehead atoms. The van der Waals surface area contributed by atoms with Gasteiger partial charge in [-0.1, -0.05) is 58.4 Å². The van der Waals surface area contributed by atoms with E-state index in [0.29, 0.717) is 24.7 Å². The van der Waals surface area contributed by atoms with Crippen LogP contribution in [0.2, 0.25) is 0 Å². The summed E-state index contributed by atoms with van der Waals surface area (Å²) in [4.78, 5) is 31.7. The molecular formula is C29H26BrN3O4S. The van der Waals surface area contributed by atoms with Gasteiger partial charge >= 0.3 is 6.09 Å². The Labute approximate surface area is 233 Å². The average molecular weight is 593 g/mol. The molecule has 1 aliphatic heterocycles. The molecule has 0 radical (unpaired) electrons. The van der Waals surface area contributed by atoms with Gasteiger partial charge in [0.1, 0.15) is 25.0 Å². The van der Waals surface area contributed by atoms with Crippen molar-refractivity contribution in [3.05, 3.63) is 99.8 Å². The van der Waals surface area contributed by atoms with E-state index < -0.39 is 12.1 Å². The van der Waals surface area contributed by atoms with Crippen LogP contribution >= 0.6 is 27.3 Å². The number of carbonyl (C=O) groups excluding carboxylic acids is 2. The van der Waals surface area contributed by atoms with Crippen LogP contribution < -0.4 is 10.1 Å². The molecule has 194 valence electrons. The van der Waals surface area contributed by atoms with Gasteiger partial charge in [0.15, 0.2) is 5.13 Å². The van der Waals surface area contributed by atoms with E-state index in [-0.39, 0.29) is 12.5 Å². The second-order valence-electron chi connectivity index (χ2n) is 8.86. The molecule has 0 spiro atoms. The molecule has 9 heteroatoms. The predicted molar refractivity (Wildman–Crippen MR) is 151 cm³/mol. The first-order valence-electron chi connectivity index (χ1n) is 12.3. The molecule has 4 aromatic rings. The van der Waals surface area contributed by atoms with Crippen molar-refractivity contribution in [2.24, 2.45) is 0 Å². The Morgan fingerprint density at radius 1 is 0.974 bits per heavy atom. The fourth-order valence-electron chi connectivity index (χ4n) is 4.18. The first-order chi connectivity index (χ1) is 18.5. The second kappa shape index (κ2) is 12.2. The van der Waals surface area contributed by atoms with Gasteiger partial charge in [0.25, 0.3) is 0 Å². The molecule has 3 aromatic carbocycles. The quantitative estimate of drug-likeness (QED) is 0.241. The van der Waals surface area contributed by atoms with E-state index in [0.717, 1.165) is 39.0 Å². The van der Waals surface area contributed by atoms with Gasteiger partial charge in [-0.15, -0.1) is 11.3 Å². The number of thiazole rings is 1. The molecule has 38 heavy (non-hydrogen) atoms. The van der Waals surface area contributed by atoms with E-state index in [9.17, 15) is 9.59 Å². The number of hydrogen-bond acceptors (Lipinski definition) is 6. The van der Waals surface area contributed by atoms with E-state index in [1.165, 1.54) is 16.2 Å². The lowest BCUT2D eigenvalue weighted by Gasteiger charge is -2.22. The van der Waals surface area contributed by atoms with Crippen LogP contribution in [0.1, 0.15) is 24.0 Å². The summed E-state index contributed by atoms with van der Waals surface area (Å²) in [6, 6.07) is 24.6. The van der Waals surface area contributed by atoms with E-state index in [1.54, 1.807) is 0 Å². The molecule has 2 heterocycles. The molecule has 2 amide bonds. The van der Waals surface area contributed by atoms with Crippen molar-refractivity contribution < 1.29 is 19.1 Å². The highest BCUT2D eigenvalue weighted by molar-refractivity contribution is 9.10. The first kappa shape index (κ1) is 25.9. The third-order valence-corrected chi connectivity index (χ3v) is 7.48. The lowest BCUT2D eigenvalue weighted by atomic mass is 10.2. The smallest absolute Gasteiger partial charge is 0.410 e. The number of ether oxygens (including phenoxy) is 2. The molecule has 5 rings (SSSR count). The van der Waals surface area contributed by atoms with Crippen LogP contribution in [-0.4, -0.2) is 34.5 Å². The standard InChI is InChI=1S/C29H26BrN3O4S/c30-23-12-8-21(9-13-23)17-36-24-14-10-22(11-15-24)25-19-38-28(31-25)32-27(34)26-7-4-16-33(26)29(35)37-18-20-5-2-1-3-6-20/h1-3,5-6,8-15,19,26H,4,7,16-18H2,(H,31,32,34)/t26-/m0/s1. The molecule has 1 fully saturated rings. The maximum atomic E-state index is 13.0. The van der Waals surface area contributed by atoms with Crippen LogP contribution in [0.5, 0.6) is 5.75 Å². The lowest BCUT2D eigenvalue weighted by Crippen LogP contribution is -2.43. The molecule has 0 unspecified atom stereocenters. The molecule has 7 nitrogen and oxygen atoms in total. The van der Waals surface area contributed by atoms with Crippen LogP contribution in [0.4, 0.5) is 9.93 Å². The summed E-state index contributed by atoms with van der Waals surface area (Å²) < 4.78 is 12.4. The number of nitrogens with zero attached hydrogens (tertiary/aromatic N) is 2. The van der Waals surface area contributed by atoms with Crippen LogP contribution in [0.15, 0.2) is 88.7 Å². The molecule has 1 saturated heterocycles. The van der Waals surface area contributed by atoms with Crippen molar-refractivity contribution in [3.63, 3.8) is 0 Å². The van der Waals surface area contributed by atoms with Gasteiger partial charge in [-0.25, -0.2) is 9.78 Å². The number of carbonyl (C=O) groups is 2. The van der Waals surface area contributed by atoms with Crippen molar-refractivity contribution in [2.45, 2.75) is 32.1 Å². The minimum atomic E-state index is -0.576. The highest BCUT2D eigenvalue weighted by Gasteiger charge is 2.35. The number of halogens is 1. The van der Waals surface area contributed by atoms with Crippen molar-refractivity contribution in [3.8, 4) is 17.0 Å². The highest BCUT2D eigenvalue weighted by Crippen LogP contribution is 2.28. The SMILES string of the molecule is O=C(Nc1nc(-c2ccc(OCc3ccc(Br)cc3)cc2)cs1)[C@@H]1CCCN1C(=O)OCc1ccccc1. The van der Waals surface area contributed by atoms with E-state index in [2.05, 4.69) is 26.2 Å². The van der Waals surface area contributed by atoms with Gasteiger partial charge in [-0.3, -0.25) is 9.69 Å². The Morgan fingerprint density at radius 3 is 2.47 bits per heavy atom. The van der Waals surface area contributed by atoms with Gasteiger partial charge in [0, 0.05) is 22.0 Å². The van der Waals surface area contributed by atoms with Gasteiger partial charge in [0.2, 0.25) is 5.91 Å². The number of nitrogens with one attached hydrogen (secondary N) is 1. The summed E-state index contributed by atoms with van der Waals surface area (Å²) >= 11 is 4.78. The van der Waals surface area contributed by atoms with Crippen molar-refractivity contribution in [2.75, 3.05) is 11.9 Å². The number of rotatable bonds is 8. The highest BCUT2D eigenvalue weighted by atomic mass is 79.9. The zero-order valence-corrected chi connectivity index (χ0v) is 22.9. The zero-order valence-electron chi connectivity index (χ0n) is 20.5. The van der Waals surface area contributed by atoms with Crippen LogP contribution in [0, 0.1) is 0 Å². The molecule has 1 aromatic heterocycles. The normalized spacial score (nSPS) is 14.8.